The maximum absolute atomic E-state index is 11.8. The first kappa shape index (κ1) is 24.0. The topological polar surface area (TPSA) is 157 Å². The zero-order chi connectivity index (χ0) is 20.2. The summed E-state index contributed by atoms with van der Waals surface area (Å²) in [6, 6.07) is 0. The predicted octanol–water partition coefficient (Wildman–Crippen LogP) is -1.41. The molecule has 0 saturated carbocycles. The molecular weight excluding hydrogens is 348 g/mol. The maximum Gasteiger partial charge on any atom is 0.308 e. The van der Waals surface area contributed by atoms with Gasteiger partial charge in [0.15, 0.2) is 0 Å². The number of nitrogens with one attached hydrogen (secondary N) is 1. The number of carbonyl (C=O) groups excluding carboxylic acids is 3. The number of hydrogen-bond donors (Lipinski definition) is 4. The van der Waals surface area contributed by atoms with Gasteiger partial charge >= 0.3 is 5.97 Å². The molecule has 0 aromatic carbocycles. The molecule has 1 amide bonds. The molecule has 0 aliphatic rings. The SMILES string of the molecule is COCCOC(CN/C=C(/C)C(N)=O)[C@](O)(CO)OC(=O)CCC(C)=O. The van der Waals surface area contributed by atoms with Gasteiger partial charge in [-0.1, -0.05) is 0 Å². The second kappa shape index (κ2) is 12.4. The van der Waals surface area contributed by atoms with Gasteiger partial charge in [-0.2, -0.15) is 0 Å². The van der Waals surface area contributed by atoms with Crippen molar-refractivity contribution >= 4 is 17.7 Å². The van der Waals surface area contributed by atoms with E-state index in [1.165, 1.54) is 27.2 Å². The number of rotatable bonds is 14. The molecule has 150 valence electrons. The third-order valence-electron chi connectivity index (χ3n) is 3.32. The molecule has 5 N–H and O–H groups in total. The Labute approximate surface area is 152 Å². The van der Waals surface area contributed by atoms with Gasteiger partial charge in [-0.25, -0.2) is 0 Å². The van der Waals surface area contributed by atoms with Crippen LogP contribution >= 0.6 is 0 Å². The van der Waals surface area contributed by atoms with Crippen molar-refractivity contribution in [3.05, 3.63) is 11.8 Å². The molecule has 0 aliphatic heterocycles. The number of primary amides is 1. The summed E-state index contributed by atoms with van der Waals surface area (Å²) < 4.78 is 15.2. The van der Waals surface area contributed by atoms with Crippen LogP contribution in [0.3, 0.4) is 0 Å². The van der Waals surface area contributed by atoms with Crippen LogP contribution in [-0.2, 0) is 28.6 Å². The second-order valence-electron chi connectivity index (χ2n) is 5.63. The number of aliphatic hydroxyl groups excluding tert-OH is 1. The summed E-state index contributed by atoms with van der Waals surface area (Å²) in [5, 5.41) is 22.7. The number of ether oxygens (including phenoxy) is 3. The van der Waals surface area contributed by atoms with E-state index in [1.807, 2.05) is 0 Å². The first-order valence-corrected chi connectivity index (χ1v) is 8.01. The minimum Gasteiger partial charge on any atom is -0.428 e. The van der Waals surface area contributed by atoms with Crippen molar-refractivity contribution in [2.45, 2.75) is 38.6 Å². The van der Waals surface area contributed by atoms with Crippen LogP contribution in [0.1, 0.15) is 26.7 Å². The second-order valence-corrected chi connectivity index (χ2v) is 5.63. The average Bonchev–Trinajstić information content (AvgIpc) is 2.58. The van der Waals surface area contributed by atoms with Crippen LogP contribution in [0.2, 0.25) is 0 Å². The van der Waals surface area contributed by atoms with Crippen molar-refractivity contribution < 1.29 is 38.8 Å². The lowest BCUT2D eigenvalue weighted by molar-refractivity contribution is -0.269. The molecule has 0 saturated heterocycles. The Morgan fingerprint density at radius 2 is 1.88 bits per heavy atom. The fourth-order valence-electron chi connectivity index (χ4n) is 1.74. The number of hydrogen-bond acceptors (Lipinski definition) is 9. The minimum absolute atomic E-state index is 0.0473. The maximum atomic E-state index is 11.8. The van der Waals surface area contributed by atoms with E-state index in [2.05, 4.69) is 5.32 Å². The van der Waals surface area contributed by atoms with Crippen LogP contribution in [0.15, 0.2) is 11.8 Å². The molecule has 0 heterocycles. The molecule has 10 heteroatoms. The lowest BCUT2D eigenvalue weighted by atomic mass is 10.1. The van der Waals surface area contributed by atoms with Gasteiger partial charge in [-0.05, 0) is 13.8 Å². The van der Waals surface area contributed by atoms with Gasteiger partial charge < -0.3 is 40.3 Å². The van der Waals surface area contributed by atoms with Crippen molar-refractivity contribution in [2.75, 3.05) is 33.5 Å². The molecule has 26 heavy (non-hydrogen) atoms. The Hall–Kier alpha value is -2.01. The van der Waals surface area contributed by atoms with E-state index in [1.54, 1.807) is 0 Å². The number of Topliss-reactive ketones (excluding diaryl/α,β-unsaturated/α-hetero) is 1. The largest absolute Gasteiger partial charge is 0.428 e. The summed E-state index contributed by atoms with van der Waals surface area (Å²) in [7, 11) is 1.45. The van der Waals surface area contributed by atoms with Gasteiger partial charge in [0.25, 0.3) is 5.79 Å². The number of methoxy groups -OCH3 is 1. The zero-order valence-corrected chi connectivity index (χ0v) is 15.3. The molecule has 0 aliphatic carbocycles. The molecular formula is C16H28N2O8. The van der Waals surface area contributed by atoms with E-state index in [0.29, 0.717) is 0 Å². The summed E-state index contributed by atoms with van der Waals surface area (Å²) >= 11 is 0. The number of esters is 1. The molecule has 0 aromatic rings. The molecule has 0 fully saturated rings. The van der Waals surface area contributed by atoms with E-state index in [-0.39, 0.29) is 44.0 Å². The van der Waals surface area contributed by atoms with E-state index in [9.17, 15) is 24.6 Å². The highest BCUT2D eigenvalue weighted by molar-refractivity contribution is 5.91. The highest BCUT2D eigenvalue weighted by Crippen LogP contribution is 2.17. The van der Waals surface area contributed by atoms with Gasteiger partial charge in [0.05, 0.1) is 19.6 Å². The molecule has 10 nitrogen and oxygen atoms in total. The Kier molecular flexibility index (Phi) is 11.4. The molecule has 0 bridgehead atoms. The van der Waals surface area contributed by atoms with E-state index in [0.717, 1.165) is 0 Å². The first-order valence-electron chi connectivity index (χ1n) is 8.01. The van der Waals surface area contributed by atoms with Gasteiger partial charge in [0, 0.05) is 31.8 Å². The normalized spacial score (nSPS) is 15.0. The first-order chi connectivity index (χ1) is 12.2. The van der Waals surface area contributed by atoms with Crippen molar-refractivity contribution in [1.29, 1.82) is 0 Å². The summed E-state index contributed by atoms with van der Waals surface area (Å²) in [6.07, 6.45) is -0.157. The third-order valence-corrected chi connectivity index (χ3v) is 3.32. The standard InChI is InChI=1S/C16H28N2O8/c1-11(15(17)22)8-18-9-13(25-7-6-24-3)16(23,10-19)26-14(21)5-4-12(2)20/h8,13,18-19,23H,4-7,9-10H2,1-3H3,(H2,17,22)/b11-8-/t13?,16-/m0/s1. The predicted molar refractivity (Wildman–Crippen MR) is 90.6 cm³/mol. The number of nitrogens with two attached hydrogens (primary N) is 1. The van der Waals surface area contributed by atoms with Crippen LogP contribution in [0, 0.1) is 0 Å². The Morgan fingerprint density at radius 1 is 1.23 bits per heavy atom. The van der Waals surface area contributed by atoms with Crippen LogP contribution in [0.4, 0.5) is 0 Å². The quantitative estimate of drug-likeness (QED) is 0.124. The minimum atomic E-state index is -2.34. The van der Waals surface area contributed by atoms with E-state index < -0.39 is 30.4 Å². The van der Waals surface area contributed by atoms with Crippen molar-refractivity contribution in [3.63, 3.8) is 0 Å². The van der Waals surface area contributed by atoms with Gasteiger partial charge in [-0.3, -0.25) is 9.59 Å². The summed E-state index contributed by atoms with van der Waals surface area (Å²) in [5.74, 6) is -4.05. The van der Waals surface area contributed by atoms with Gasteiger partial charge in [-0.15, -0.1) is 0 Å². The average molecular weight is 376 g/mol. The van der Waals surface area contributed by atoms with Crippen molar-refractivity contribution in [3.8, 4) is 0 Å². The number of carbonyl (C=O) groups is 3. The van der Waals surface area contributed by atoms with Crippen LogP contribution in [-0.4, -0.2) is 73.2 Å². The summed E-state index contributed by atoms with van der Waals surface area (Å²) in [6.45, 7) is 2.01. The van der Waals surface area contributed by atoms with E-state index in [4.69, 9.17) is 19.9 Å². The van der Waals surface area contributed by atoms with Crippen LogP contribution < -0.4 is 11.1 Å². The van der Waals surface area contributed by atoms with Crippen LogP contribution in [0.5, 0.6) is 0 Å². The van der Waals surface area contributed by atoms with Crippen molar-refractivity contribution in [2.24, 2.45) is 5.73 Å². The zero-order valence-electron chi connectivity index (χ0n) is 15.3. The molecule has 1 unspecified atom stereocenters. The monoisotopic (exact) mass is 376 g/mol. The smallest absolute Gasteiger partial charge is 0.308 e. The summed E-state index contributed by atoms with van der Waals surface area (Å²) in [5.41, 5.74) is 5.33. The van der Waals surface area contributed by atoms with Crippen LogP contribution in [0.25, 0.3) is 0 Å². The highest BCUT2D eigenvalue weighted by Gasteiger charge is 2.41. The number of ketones is 1. The Bertz CT molecular complexity index is 508. The Balaban J connectivity index is 5.05. The van der Waals surface area contributed by atoms with Crippen molar-refractivity contribution in [1.82, 2.24) is 5.32 Å². The number of aliphatic hydroxyl groups is 2. The molecule has 0 radical (unpaired) electrons. The van der Waals surface area contributed by atoms with E-state index >= 15 is 0 Å². The van der Waals surface area contributed by atoms with Gasteiger partial charge in [0.2, 0.25) is 5.91 Å². The summed E-state index contributed by atoms with van der Waals surface area (Å²) in [4.78, 5) is 33.7. The molecule has 0 aromatic heterocycles. The fraction of sp³-hybridized carbons (Fsp3) is 0.688. The number of amides is 1. The Morgan fingerprint density at radius 3 is 2.38 bits per heavy atom. The fourth-order valence-corrected chi connectivity index (χ4v) is 1.74. The molecule has 2 atom stereocenters. The lowest BCUT2D eigenvalue weighted by Crippen LogP contribution is -2.54. The molecule has 0 spiro atoms. The van der Waals surface area contributed by atoms with Gasteiger partial charge in [0.1, 0.15) is 18.5 Å². The third kappa shape index (κ3) is 9.47. The highest BCUT2D eigenvalue weighted by atomic mass is 16.7. The lowest BCUT2D eigenvalue weighted by Gasteiger charge is -2.33. The molecule has 0 rings (SSSR count).